The van der Waals surface area contributed by atoms with Gasteiger partial charge in [0.05, 0.1) is 0 Å². The molecule has 4 rings (SSSR count). The molecule has 1 saturated heterocycles. The fourth-order valence-electron chi connectivity index (χ4n) is 3.70. The summed E-state index contributed by atoms with van der Waals surface area (Å²) < 4.78 is 2.61. The molecule has 1 aromatic carbocycles. The van der Waals surface area contributed by atoms with E-state index in [-0.39, 0.29) is 18.1 Å². The lowest BCUT2D eigenvalue weighted by atomic mass is 9.99. The quantitative estimate of drug-likeness (QED) is 0.696. The SMILES string of the molecule is CC1CCN(Cc2ccc(CNC(=O)Cn3nc4ccccn4c3=O)cc2)CC1. The van der Waals surface area contributed by atoms with Crippen LogP contribution in [0.4, 0.5) is 0 Å². The maximum atomic E-state index is 12.2. The van der Waals surface area contributed by atoms with Crippen molar-refractivity contribution in [3.8, 4) is 0 Å². The van der Waals surface area contributed by atoms with Gasteiger partial charge in [0, 0.05) is 19.3 Å². The zero-order valence-electron chi connectivity index (χ0n) is 16.8. The summed E-state index contributed by atoms with van der Waals surface area (Å²) in [6.07, 6.45) is 4.20. The van der Waals surface area contributed by atoms with Crippen molar-refractivity contribution in [1.29, 1.82) is 0 Å². The molecule has 2 aromatic heterocycles. The Hall–Kier alpha value is -2.93. The second-order valence-corrected chi connectivity index (χ2v) is 7.92. The molecule has 29 heavy (non-hydrogen) atoms. The van der Waals surface area contributed by atoms with Crippen LogP contribution in [0.3, 0.4) is 0 Å². The molecule has 1 N–H and O–H groups in total. The number of likely N-dealkylation sites (tertiary alicyclic amines) is 1. The van der Waals surface area contributed by atoms with E-state index in [4.69, 9.17) is 0 Å². The molecule has 1 aliphatic heterocycles. The van der Waals surface area contributed by atoms with E-state index in [1.54, 1.807) is 18.3 Å². The highest BCUT2D eigenvalue weighted by Gasteiger charge is 2.15. The lowest BCUT2D eigenvalue weighted by molar-refractivity contribution is -0.122. The van der Waals surface area contributed by atoms with E-state index in [9.17, 15) is 9.59 Å². The van der Waals surface area contributed by atoms with Crippen molar-refractivity contribution < 1.29 is 4.79 Å². The summed E-state index contributed by atoms with van der Waals surface area (Å²) in [6.45, 7) is 5.99. The molecule has 152 valence electrons. The van der Waals surface area contributed by atoms with Gasteiger partial charge in [-0.2, -0.15) is 0 Å². The number of hydrogen-bond donors (Lipinski definition) is 1. The first-order valence-corrected chi connectivity index (χ1v) is 10.2. The molecule has 7 heteroatoms. The number of piperidine rings is 1. The summed E-state index contributed by atoms with van der Waals surface area (Å²) in [5.41, 5.74) is 2.55. The number of rotatable bonds is 6. The number of aromatic nitrogens is 3. The molecule has 0 saturated carbocycles. The van der Waals surface area contributed by atoms with Crippen LogP contribution >= 0.6 is 0 Å². The van der Waals surface area contributed by atoms with Gasteiger partial charge in [0.1, 0.15) is 6.54 Å². The van der Waals surface area contributed by atoms with E-state index in [1.165, 1.54) is 40.6 Å². The predicted octanol–water partition coefficient (Wildman–Crippen LogP) is 2.04. The highest BCUT2D eigenvalue weighted by atomic mass is 16.2. The average molecular weight is 393 g/mol. The van der Waals surface area contributed by atoms with E-state index < -0.39 is 0 Å². The molecule has 0 atom stereocenters. The van der Waals surface area contributed by atoms with Gasteiger partial charge < -0.3 is 5.32 Å². The first-order valence-electron chi connectivity index (χ1n) is 10.2. The Morgan fingerprint density at radius 2 is 1.83 bits per heavy atom. The van der Waals surface area contributed by atoms with Crippen molar-refractivity contribution in [1.82, 2.24) is 24.4 Å². The molecule has 7 nitrogen and oxygen atoms in total. The third kappa shape index (κ3) is 4.74. The summed E-state index contributed by atoms with van der Waals surface area (Å²) in [7, 11) is 0. The third-order valence-electron chi connectivity index (χ3n) is 5.58. The van der Waals surface area contributed by atoms with Gasteiger partial charge in [-0.1, -0.05) is 37.3 Å². The highest BCUT2D eigenvalue weighted by molar-refractivity contribution is 5.75. The maximum absolute atomic E-state index is 12.2. The largest absolute Gasteiger partial charge is 0.350 e. The fourth-order valence-corrected chi connectivity index (χ4v) is 3.70. The molecule has 3 aromatic rings. The number of benzene rings is 1. The van der Waals surface area contributed by atoms with Crippen LogP contribution in [-0.2, 0) is 24.4 Å². The Kier molecular flexibility index (Phi) is 5.76. The molecule has 1 aliphatic rings. The monoisotopic (exact) mass is 393 g/mol. The Labute approximate surface area is 170 Å². The Bertz CT molecular complexity index is 1030. The van der Waals surface area contributed by atoms with Crippen molar-refractivity contribution >= 4 is 11.6 Å². The van der Waals surface area contributed by atoms with Crippen molar-refractivity contribution in [3.05, 3.63) is 70.3 Å². The lowest BCUT2D eigenvalue weighted by Gasteiger charge is -2.30. The van der Waals surface area contributed by atoms with Crippen molar-refractivity contribution in [3.63, 3.8) is 0 Å². The van der Waals surface area contributed by atoms with Crippen LogP contribution in [0.2, 0.25) is 0 Å². The second kappa shape index (κ2) is 8.61. The molecule has 3 heterocycles. The molecule has 0 aliphatic carbocycles. The van der Waals surface area contributed by atoms with Gasteiger partial charge in [-0.05, 0) is 55.1 Å². The second-order valence-electron chi connectivity index (χ2n) is 7.92. The lowest BCUT2D eigenvalue weighted by Crippen LogP contribution is -2.32. The molecule has 0 unspecified atom stereocenters. The number of nitrogens with zero attached hydrogens (tertiary/aromatic N) is 4. The van der Waals surface area contributed by atoms with E-state index in [1.807, 2.05) is 6.07 Å². The van der Waals surface area contributed by atoms with Gasteiger partial charge in [-0.15, -0.1) is 5.10 Å². The molecule has 1 amide bonds. The number of amides is 1. The van der Waals surface area contributed by atoms with Gasteiger partial charge in [0.25, 0.3) is 0 Å². The standard InChI is InChI=1S/C22H27N5O2/c1-17-9-12-25(13-10-17)15-19-7-5-18(6-8-19)14-23-21(28)16-27-22(29)26-11-3-2-4-20(26)24-27/h2-8,11,17H,9-10,12-16H2,1H3,(H,23,28). The summed E-state index contributed by atoms with van der Waals surface area (Å²) in [5.74, 6) is 0.607. The number of nitrogens with one attached hydrogen (secondary N) is 1. The molecule has 0 bridgehead atoms. The van der Waals surface area contributed by atoms with Crippen LogP contribution in [0.25, 0.3) is 5.65 Å². The summed E-state index contributed by atoms with van der Waals surface area (Å²) in [6, 6.07) is 13.7. The first kappa shape index (κ1) is 19.4. The molecular weight excluding hydrogens is 366 g/mol. The van der Waals surface area contributed by atoms with E-state index in [2.05, 4.69) is 46.5 Å². The van der Waals surface area contributed by atoms with Crippen molar-refractivity contribution in [2.24, 2.45) is 5.92 Å². The number of hydrogen-bond acceptors (Lipinski definition) is 4. The highest BCUT2D eigenvalue weighted by Crippen LogP contribution is 2.18. The smallest absolute Gasteiger partial charge is 0.350 e. The summed E-state index contributed by atoms with van der Waals surface area (Å²) >= 11 is 0. The normalized spacial score (nSPS) is 15.6. The van der Waals surface area contributed by atoms with E-state index in [0.29, 0.717) is 12.2 Å². The molecule has 0 spiro atoms. The van der Waals surface area contributed by atoms with Crippen LogP contribution in [0, 0.1) is 5.92 Å². The number of carbonyl (C=O) groups is 1. The third-order valence-corrected chi connectivity index (χ3v) is 5.58. The van der Waals surface area contributed by atoms with E-state index in [0.717, 1.165) is 18.0 Å². The van der Waals surface area contributed by atoms with Gasteiger partial charge in [0.15, 0.2) is 5.65 Å². The minimum atomic E-state index is -0.313. The molecular formula is C22H27N5O2. The Morgan fingerprint density at radius 1 is 1.10 bits per heavy atom. The van der Waals surface area contributed by atoms with E-state index >= 15 is 0 Å². The maximum Gasteiger partial charge on any atom is 0.350 e. The van der Waals surface area contributed by atoms with Gasteiger partial charge in [-0.3, -0.25) is 14.1 Å². The number of fused-ring (bicyclic) bond motifs is 1. The summed E-state index contributed by atoms with van der Waals surface area (Å²) in [5, 5.41) is 7.05. The average Bonchev–Trinajstić information content (AvgIpc) is 3.05. The van der Waals surface area contributed by atoms with Crippen molar-refractivity contribution in [2.75, 3.05) is 13.1 Å². The number of pyridine rings is 1. The van der Waals surface area contributed by atoms with Crippen LogP contribution < -0.4 is 11.0 Å². The topological polar surface area (TPSA) is 71.6 Å². The Morgan fingerprint density at radius 3 is 2.55 bits per heavy atom. The molecule has 0 radical (unpaired) electrons. The zero-order chi connectivity index (χ0) is 20.2. The Balaban J connectivity index is 1.29. The van der Waals surface area contributed by atoms with Crippen LogP contribution in [0.1, 0.15) is 30.9 Å². The first-order chi connectivity index (χ1) is 14.1. The summed E-state index contributed by atoms with van der Waals surface area (Å²) in [4.78, 5) is 27.0. The fraction of sp³-hybridized carbons (Fsp3) is 0.409. The van der Waals surface area contributed by atoms with Crippen LogP contribution in [0.5, 0.6) is 0 Å². The van der Waals surface area contributed by atoms with Gasteiger partial charge in [-0.25, -0.2) is 9.48 Å². The number of carbonyl (C=O) groups excluding carboxylic acids is 1. The van der Waals surface area contributed by atoms with Gasteiger partial charge in [0.2, 0.25) is 5.91 Å². The van der Waals surface area contributed by atoms with Crippen LogP contribution in [0.15, 0.2) is 53.5 Å². The minimum absolute atomic E-state index is 0.0913. The predicted molar refractivity (Wildman–Crippen MR) is 111 cm³/mol. The minimum Gasteiger partial charge on any atom is -0.350 e. The van der Waals surface area contributed by atoms with Crippen molar-refractivity contribution in [2.45, 2.75) is 39.4 Å². The van der Waals surface area contributed by atoms with Gasteiger partial charge >= 0.3 is 5.69 Å². The molecule has 1 fully saturated rings. The van der Waals surface area contributed by atoms with Crippen LogP contribution in [-0.4, -0.2) is 38.1 Å². The zero-order valence-corrected chi connectivity index (χ0v) is 16.8.